The maximum absolute atomic E-state index is 6.12. The van der Waals surface area contributed by atoms with Crippen molar-refractivity contribution in [1.82, 2.24) is 9.80 Å². The van der Waals surface area contributed by atoms with Crippen LogP contribution in [0.1, 0.15) is 18.0 Å². The molecule has 1 aromatic rings. The van der Waals surface area contributed by atoms with Crippen molar-refractivity contribution in [2.45, 2.75) is 12.5 Å². The summed E-state index contributed by atoms with van der Waals surface area (Å²) in [6.07, 6.45) is 1.19. The van der Waals surface area contributed by atoms with Crippen LogP contribution in [-0.4, -0.2) is 49.6 Å². The molecule has 2 N–H and O–H groups in total. The Bertz CT molecular complexity index is 427. The number of benzene rings is 1. The van der Waals surface area contributed by atoms with Crippen LogP contribution in [0.15, 0.2) is 22.7 Å². The summed E-state index contributed by atoms with van der Waals surface area (Å²) in [5.74, 6) is 0. The van der Waals surface area contributed by atoms with Crippen molar-refractivity contribution >= 4 is 27.5 Å². The Labute approximate surface area is 128 Å². The smallest absolute Gasteiger partial charge is 0.0482 e. The number of likely N-dealkylation sites (N-methyl/N-ethyl adjacent to an activating group) is 1. The number of rotatable bonds is 3. The molecule has 1 atom stereocenters. The number of nitrogens with two attached hydrogens (primary N) is 1. The van der Waals surface area contributed by atoms with Gasteiger partial charge in [0.15, 0.2) is 0 Å². The van der Waals surface area contributed by atoms with E-state index in [1.807, 2.05) is 18.2 Å². The van der Waals surface area contributed by atoms with E-state index in [0.717, 1.165) is 35.7 Å². The standard InChI is InChI=1S/C14H21BrClN3/c1-18-5-2-6-19(8-7-18)14(10-17)12-9-11(16)3-4-13(12)15/h3-4,9,14H,2,5-8,10,17H2,1H3. The average molecular weight is 347 g/mol. The molecule has 2 rings (SSSR count). The van der Waals surface area contributed by atoms with Crippen molar-refractivity contribution in [2.75, 3.05) is 39.8 Å². The van der Waals surface area contributed by atoms with E-state index >= 15 is 0 Å². The zero-order valence-electron chi connectivity index (χ0n) is 11.3. The van der Waals surface area contributed by atoms with E-state index in [2.05, 4.69) is 32.8 Å². The van der Waals surface area contributed by atoms with E-state index in [9.17, 15) is 0 Å². The second kappa shape index (κ2) is 7.04. The van der Waals surface area contributed by atoms with Crippen molar-refractivity contribution in [3.8, 4) is 0 Å². The highest BCUT2D eigenvalue weighted by atomic mass is 79.9. The predicted octanol–water partition coefficient (Wildman–Crippen LogP) is 2.74. The van der Waals surface area contributed by atoms with Crippen LogP contribution in [0.25, 0.3) is 0 Å². The van der Waals surface area contributed by atoms with Gasteiger partial charge in [-0.05, 0) is 43.8 Å². The first-order valence-corrected chi connectivity index (χ1v) is 7.86. The van der Waals surface area contributed by atoms with Crippen LogP contribution in [0.4, 0.5) is 0 Å². The van der Waals surface area contributed by atoms with Crippen LogP contribution in [0.5, 0.6) is 0 Å². The Balaban J connectivity index is 2.21. The van der Waals surface area contributed by atoms with Crippen molar-refractivity contribution in [2.24, 2.45) is 5.73 Å². The summed E-state index contributed by atoms with van der Waals surface area (Å²) in [6.45, 7) is 5.00. The Kier molecular flexibility index (Phi) is 5.66. The van der Waals surface area contributed by atoms with Crippen LogP contribution in [0.3, 0.4) is 0 Å². The van der Waals surface area contributed by atoms with E-state index in [1.54, 1.807) is 0 Å². The summed E-state index contributed by atoms with van der Waals surface area (Å²) >= 11 is 9.74. The molecule has 3 nitrogen and oxygen atoms in total. The zero-order chi connectivity index (χ0) is 13.8. The second-order valence-corrected chi connectivity index (χ2v) is 6.40. The third-order valence-corrected chi connectivity index (χ3v) is 4.69. The van der Waals surface area contributed by atoms with Gasteiger partial charge in [-0.2, -0.15) is 0 Å². The van der Waals surface area contributed by atoms with Gasteiger partial charge in [0.25, 0.3) is 0 Å². The summed E-state index contributed by atoms with van der Waals surface area (Å²) < 4.78 is 1.09. The minimum Gasteiger partial charge on any atom is -0.329 e. The summed E-state index contributed by atoms with van der Waals surface area (Å²) in [5, 5.41) is 0.767. The Morgan fingerprint density at radius 1 is 1.32 bits per heavy atom. The molecule has 106 valence electrons. The van der Waals surface area contributed by atoms with Gasteiger partial charge in [-0.1, -0.05) is 27.5 Å². The van der Waals surface area contributed by atoms with Crippen LogP contribution < -0.4 is 5.73 Å². The maximum Gasteiger partial charge on any atom is 0.0482 e. The van der Waals surface area contributed by atoms with Gasteiger partial charge in [-0.3, -0.25) is 4.90 Å². The molecule has 1 aliphatic rings. The summed E-state index contributed by atoms with van der Waals surface area (Å²) in [4.78, 5) is 4.85. The highest BCUT2D eigenvalue weighted by molar-refractivity contribution is 9.10. The van der Waals surface area contributed by atoms with Crippen LogP contribution in [-0.2, 0) is 0 Å². The third-order valence-electron chi connectivity index (χ3n) is 3.74. The highest BCUT2D eigenvalue weighted by Crippen LogP contribution is 2.30. The van der Waals surface area contributed by atoms with Gasteiger partial charge >= 0.3 is 0 Å². The summed E-state index contributed by atoms with van der Waals surface area (Å²) in [5.41, 5.74) is 7.22. The third kappa shape index (κ3) is 3.92. The lowest BCUT2D eigenvalue weighted by atomic mass is 10.1. The Morgan fingerprint density at radius 3 is 2.84 bits per heavy atom. The predicted molar refractivity (Wildman–Crippen MR) is 84.6 cm³/mol. The molecule has 1 unspecified atom stereocenters. The molecule has 0 amide bonds. The normalized spacial score (nSPS) is 20.2. The van der Waals surface area contributed by atoms with Crippen molar-refractivity contribution < 1.29 is 0 Å². The molecular formula is C14H21BrClN3. The molecule has 1 fully saturated rings. The molecule has 5 heteroatoms. The zero-order valence-corrected chi connectivity index (χ0v) is 13.6. The molecule has 0 aliphatic carbocycles. The molecule has 19 heavy (non-hydrogen) atoms. The van der Waals surface area contributed by atoms with Crippen molar-refractivity contribution in [1.29, 1.82) is 0 Å². The van der Waals surface area contributed by atoms with E-state index in [1.165, 1.54) is 12.0 Å². The van der Waals surface area contributed by atoms with E-state index < -0.39 is 0 Å². The van der Waals surface area contributed by atoms with Gasteiger partial charge in [0.05, 0.1) is 0 Å². The molecule has 1 heterocycles. The molecule has 0 spiro atoms. The molecule has 0 bridgehead atoms. The average Bonchev–Trinajstić information content (AvgIpc) is 2.60. The monoisotopic (exact) mass is 345 g/mol. The van der Waals surface area contributed by atoms with E-state index in [-0.39, 0.29) is 6.04 Å². The number of hydrogen-bond donors (Lipinski definition) is 1. The van der Waals surface area contributed by atoms with Crippen LogP contribution in [0.2, 0.25) is 5.02 Å². The number of halogens is 2. The Hall–Kier alpha value is -0.130. The highest BCUT2D eigenvalue weighted by Gasteiger charge is 2.23. The minimum absolute atomic E-state index is 0.236. The number of hydrogen-bond acceptors (Lipinski definition) is 3. The molecule has 1 aromatic carbocycles. The molecule has 1 aliphatic heterocycles. The first-order valence-electron chi connectivity index (χ1n) is 6.69. The van der Waals surface area contributed by atoms with E-state index in [0.29, 0.717) is 6.54 Å². The van der Waals surface area contributed by atoms with Crippen LogP contribution >= 0.6 is 27.5 Å². The molecule has 0 saturated carbocycles. The minimum atomic E-state index is 0.236. The molecule has 0 radical (unpaired) electrons. The quantitative estimate of drug-likeness (QED) is 0.913. The van der Waals surface area contributed by atoms with Gasteiger partial charge < -0.3 is 10.6 Å². The Morgan fingerprint density at radius 2 is 2.11 bits per heavy atom. The largest absolute Gasteiger partial charge is 0.329 e. The topological polar surface area (TPSA) is 32.5 Å². The second-order valence-electron chi connectivity index (χ2n) is 5.11. The number of nitrogens with zero attached hydrogens (tertiary/aromatic N) is 2. The fourth-order valence-corrected chi connectivity index (χ4v) is 3.31. The summed E-state index contributed by atoms with van der Waals surface area (Å²) in [6, 6.07) is 6.17. The molecule has 0 aromatic heterocycles. The lowest BCUT2D eigenvalue weighted by Gasteiger charge is -2.30. The lowest BCUT2D eigenvalue weighted by molar-refractivity contribution is 0.207. The first kappa shape index (κ1) is 15.3. The van der Waals surface area contributed by atoms with Gasteiger partial charge in [-0.25, -0.2) is 0 Å². The van der Waals surface area contributed by atoms with Gasteiger partial charge in [0.1, 0.15) is 0 Å². The molecular weight excluding hydrogens is 326 g/mol. The van der Waals surface area contributed by atoms with Gasteiger partial charge in [0, 0.05) is 41.7 Å². The van der Waals surface area contributed by atoms with Crippen molar-refractivity contribution in [3.63, 3.8) is 0 Å². The van der Waals surface area contributed by atoms with Gasteiger partial charge in [0.2, 0.25) is 0 Å². The maximum atomic E-state index is 6.12. The summed E-state index contributed by atoms with van der Waals surface area (Å²) in [7, 11) is 2.18. The van der Waals surface area contributed by atoms with Crippen molar-refractivity contribution in [3.05, 3.63) is 33.3 Å². The SMILES string of the molecule is CN1CCCN(C(CN)c2cc(Cl)ccc2Br)CC1. The fraction of sp³-hybridized carbons (Fsp3) is 0.571. The fourth-order valence-electron chi connectivity index (χ4n) is 2.62. The molecule has 1 saturated heterocycles. The van der Waals surface area contributed by atoms with Gasteiger partial charge in [-0.15, -0.1) is 0 Å². The lowest BCUT2D eigenvalue weighted by Crippen LogP contribution is -2.36. The van der Waals surface area contributed by atoms with E-state index in [4.69, 9.17) is 17.3 Å². The van der Waals surface area contributed by atoms with Crippen LogP contribution in [0, 0.1) is 0 Å². The first-order chi connectivity index (χ1) is 9.11.